The van der Waals surface area contributed by atoms with Crippen molar-refractivity contribution >= 4 is 16.7 Å². The van der Waals surface area contributed by atoms with Crippen LogP contribution in [0.3, 0.4) is 0 Å². The van der Waals surface area contributed by atoms with Gasteiger partial charge in [-0.2, -0.15) is 0 Å². The molecule has 0 spiro atoms. The van der Waals surface area contributed by atoms with Crippen molar-refractivity contribution in [3.05, 3.63) is 78.1 Å². The Balaban J connectivity index is 1.41. The lowest BCUT2D eigenvalue weighted by Gasteiger charge is -2.22. The van der Waals surface area contributed by atoms with Gasteiger partial charge < -0.3 is 4.90 Å². The summed E-state index contributed by atoms with van der Waals surface area (Å²) >= 11 is 0. The number of carbonyl (C=O) groups excluding carboxylic acids is 1. The van der Waals surface area contributed by atoms with Crippen molar-refractivity contribution in [2.75, 3.05) is 19.6 Å². The van der Waals surface area contributed by atoms with Crippen LogP contribution in [-0.2, 0) is 17.9 Å². The van der Waals surface area contributed by atoms with E-state index in [1.54, 1.807) is 12.4 Å². The Morgan fingerprint density at radius 1 is 0.808 bits per heavy atom. The van der Waals surface area contributed by atoms with Gasteiger partial charge in [0, 0.05) is 51.5 Å². The van der Waals surface area contributed by atoms with Crippen LogP contribution in [0.1, 0.15) is 17.5 Å². The predicted octanol–water partition coefficient (Wildman–Crippen LogP) is 3.47. The van der Waals surface area contributed by atoms with Crippen LogP contribution in [0.15, 0.2) is 67.0 Å². The molecule has 2 aromatic carbocycles. The van der Waals surface area contributed by atoms with Crippen LogP contribution in [0.4, 0.5) is 0 Å². The highest BCUT2D eigenvalue weighted by Gasteiger charge is 2.21. The lowest BCUT2D eigenvalue weighted by molar-refractivity contribution is -0.130. The number of fused-ring (bicyclic) bond motifs is 1. The number of pyridine rings is 1. The van der Waals surface area contributed by atoms with Gasteiger partial charge in [-0.1, -0.05) is 36.4 Å². The first-order valence-electron chi connectivity index (χ1n) is 9.15. The van der Waals surface area contributed by atoms with Crippen molar-refractivity contribution in [2.24, 2.45) is 0 Å². The fraction of sp³-hybridized carbons (Fsp3) is 0.273. The molecule has 4 heteroatoms. The number of rotatable bonds is 4. The van der Waals surface area contributed by atoms with Crippen molar-refractivity contribution in [1.82, 2.24) is 14.8 Å². The molecule has 0 atom stereocenters. The van der Waals surface area contributed by atoms with E-state index >= 15 is 0 Å². The highest BCUT2D eigenvalue weighted by molar-refractivity contribution is 5.83. The van der Waals surface area contributed by atoms with E-state index in [4.69, 9.17) is 0 Å². The van der Waals surface area contributed by atoms with E-state index in [0.717, 1.165) is 31.7 Å². The zero-order valence-corrected chi connectivity index (χ0v) is 14.8. The fourth-order valence-electron chi connectivity index (χ4n) is 3.54. The van der Waals surface area contributed by atoms with Crippen molar-refractivity contribution in [2.45, 2.75) is 19.5 Å². The predicted molar refractivity (Wildman–Crippen MR) is 103 cm³/mol. The zero-order valence-electron chi connectivity index (χ0n) is 14.8. The number of nitrogens with zero attached hydrogens (tertiary/aromatic N) is 3. The first-order valence-corrected chi connectivity index (χ1v) is 9.15. The Morgan fingerprint density at radius 3 is 2.46 bits per heavy atom. The van der Waals surface area contributed by atoms with Gasteiger partial charge in [0.2, 0.25) is 5.91 Å². The highest BCUT2D eigenvalue weighted by atomic mass is 16.2. The average molecular weight is 345 g/mol. The number of amides is 1. The maximum absolute atomic E-state index is 12.5. The smallest absolute Gasteiger partial charge is 0.224 e. The third-order valence-electron chi connectivity index (χ3n) is 5.02. The molecule has 4 nitrogen and oxygen atoms in total. The molecule has 26 heavy (non-hydrogen) atoms. The minimum absolute atomic E-state index is 0.239. The van der Waals surface area contributed by atoms with Crippen molar-refractivity contribution in [1.29, 1.82) is 0 Å². The van der Waals surface area contributed by atoms with E-state index in [9.17, 15) is 4.79 Å². The summed E-state index contributed by atoms with van der Waals surface area (Å²) in [6.07, 6.45) is 4.14. The van der Waals surface area contributed by atoms with E-state index in [1.165, 1.54) is 16.3 Å². The van der Waals surface area contributed by atoms with Gasteiger partial charge in [-0.15, -0.1) is 0 Å². The molecule has 1 aliphatic rings. The Bertz CT molecular complexity index is 894. The summed E-state index contributed by atoms with van der Waals surface area (Å²) in [5.74, 6) is 0.239. The second-order valence-electron chi connectivity index (χ2n) is 6.88. The first-order chi connectivity index (χ1) is 12.8. The van der Waals surface area contributed by atoms with Gasteiger partial charge in [-0.05, 0) is 40.1 Å². The molecule has 3 aromatic rings. The minimum atomic E-state index is 0.239. The van der Waals surface area contributed by atoms with Gasteiger partial charge in [0.15, 0.2) is 0 Å². The molecule has 1 aliphatic heterocycles. The summed E-state index contributed by atoms with van der Waals surface area (Å²) < 4.78 is 0. The Kier molecular flexibility index (Phi) is 4.93. The first kappa shape index (κ1) is 16.7. The van der Waals surface area contributed by atoms with Gasteiger partial charge in [0.05, 0.1) is 0 Å². The van der Waals surface area contributed by atoms with Gasteiger partial charge in [-0.25, -0.2) is 0 Å². The topological polar surface area (TPSA) is 36.4 Å². The average Bonchev–Trinajstić information content (AvgIpc) is 2.85. The van der Waals surface area contributed by atoms with E-state index in [0.29, 0.717) is 13.0 Å². The maximum Gasteiger partial charge on any atom is 0.224 e. The second kappa shape index (κ2) is 7.67. The summed E-state index contributed by atoms with van der Waals surface area (Å²) in [5.41, 5.74) is 2.44. The molecular weight excluding hydrogens is 322 g/mol. The number of hydrogen-bond acceptors (Lipinski definition) is 3. The van der Waals surface area contributed by atoms with Crippen molar-refractivity contribution in [3.63, 3.8) is 0 Å². The monoisotopic (exact) mass is 345 g/mol. The molecule has 1 fully saturated rings. The van der Waals surface area contributed by atoms with Gasteiger partial charge in [-0.3, -0.25) is 14.7 Å². The Morgan fingerprint density at radius 2 is 1.62 bits per heavy atom. The molecule has 1 amide bonds. The summed E-state index contributed by atoms with van der Waals surface area (Å²) in [5, 5.41) is 2.54. The third kappa shape index (κ3) is 3.92. The number of benzene rings is 2. The Labute approximate surface area is 154 Å². The van der Waals surface area contributed by atoms with Crippen LogP contribution >= 0.6 is 0 Å². The quantitative estimate of drug-likeness (QED) is 0.726. The van der Waals surface area contributed by atoms with Crippen LogP contribution in [-0.4, -0.2) is 40.3 Å². The van der Waals surface area contributed by atoms with Crippen molar-refractivity contribution < 1.29 is 4.79 Å². The second-order valence-corrected chi connectivity index (χ2v) is 6.88. The molecule has 1 aromatic heterocycles. The van der Waals surface area contributed by atoms with Crippen LogP contribution in [0, 0.1) is 0 Å². The largest absolute Gasteiger partial charge is 0.337 e. The summed E-state index contributed by atoms with van der Waals surface area (Å²) in [6.45, 7) is 4.06. The summed E-state index contributed by atoms with van der Waals surface area (Å²) in [7, 11) is 0. The molecule has 2 heterocycles. The third-order valence-corrected chi connectivity index (χ3v) is 5.02. The molecule has 0 bridgehead atoms. The Hall–Kier alpha value is -2.72. The maximum atomic E-state index is 12.5. The lowest BCUT2D eigenvalue weighted by atomic mass is 10.1. The molecule has 4 rings (SSSR count). The highest BCUT2D eigenvalue weighted by Crippen LogP contribution is 2.18. The summed E-state index contributed by atoms with van der Waals surface area (Å²) in [6, 6.07) is 19.0. The van der Waals surface area contributed by atoms with Crippen LogP contribution in [0.25, 0.3) is 10.8 Å². The fourth-order valence-corrected chi connectivity index (χ4v) is 3.54. The molecule has 132 valence electrons. The zero-order chi connectivity index (χ0) is 17.8. The van der Waals surface area contributed by atoms with E-state index in [1.807, 2.05) is 17.0 Å². The van der Waals surface area contributed by atoms with Crippen LogP contribution in [0.5, 0.6) is 0 Å². The van der Waals surface area contributed by atoms with Crippen LogP contribution in [0.2, 0.25) is 0 Å². The molecular formula is C22H23N3O. The van der Waals surface area contributed by atoms with Gasteiger partial charge in [0.1, 0.15) is 0 Å². The van der Waals surface area contributed by atoms with Crippen molar-refractivity contribution in [3.8, 4) is 0 Å². The molecule has 0 saturated carbocycles. The molecule has 1 saturated heterocycles. The van der Waals surface area contributed by atoms with Gasteiger partial charge in [0.25, 0.3) is 0 Å². The summed E-state index contributed by atoms with van der Waals surface area (Å²) in [4.78, 5) is 20.9. The molecule has 0 N–H and O–H groups in total. The number of aromatic nitrogens is 1. The minimum Gasteiger partial charge on any atom is -0.337 e. The SMILES string of the molecule is O=C1CCN(Cc2ccc3ccccc3c2)CCN1Cc1ccncc1. The molecule has 0 unspecified atom stereocenters. The lowest BCUT2D eigenvalue weighted by Crippen LogP contribution is -2.32. The standard InChI is InChI=1S/C22H23N3O/c26-22-9-12-24(13-14-25(22)17-18-7-10-23-11-8-18)16-19-5-6-20-3-1-2-4-21(20)15-19/h1-8,10-11,15H,9,12-14,16-17H2. The number of carbonyl (C=O) groups is 1. The normalized spacial score (nSPS) is 16.0. The van der Waals surface area contributed by atoms with E-state index < -0.39 is 0 Å². The van der Waals surface area contributed by atoms with Crippen LogP contribution < -0.4 is 0 Å². The van der Waals surface area contributed by atoms with E-state index in [-0.39, 0.29) is 5.91 Å². The molecule has 0 aliphatic carbocycles. The molecule has 0 radical (unpaired) electrons. The van der Waals surface area contributed by atoms with E-state index in [2.05, 4.69) is 52.3 Å². The van der Waals surface area contributed by atoms with Gasteiger partial charge >= 0.3 is 0 Å². The number of hydrogen-bond donors (Lipinski definition) is 0.